The maximum atomic E-state index is 5.02. The van der Waals surface area contributed by atoms with Crippen LogP contribution in [-0.4, -0.2) is 22.3 Å². The predicted molar refractivity (Wildman–Crippen MR) is 54.0 cm³/mol. The molecule has 3 heteroatoms. The molecule has 0 bridgehead atoms. The van der Waals surface area contributed by atoms with Gasteiger partial charge in [0, 0.05) is 13.1 Å². The lowest BCUT2D eigenvalue weighted by molar-refractivity contribution is 0.479. The summed E-state index contributed by atoms with van der Waals surface area (Å²) < 4.78 is 0.791. The number of fused-ring (bicyclic) bond motifs is 1. The zero-order valence-electron chi connectivity index (χ0n) is 6.49. The van der Waals surface area contributed by atoms with E-state index in [9.17, 15) is 0 Å². The van der Waals surface area contributed by atoms with E-state index >= 15 is 0 Å². The van der Waals surface area contributed by atoms with E-state index in [0.29, 0.717) is 0 Å². The van der Waals surface area contributed by atoms with Gasteiger partial charge < -0.3 is 4.90 Å². The van der Waals surface area contributed by atoms with Crippen molar-refractivity contribution in [3.05, 3.63) is 0 Å². The van der Waals surface area contributed by atoms with Gasteiger partial charge in [-0.3, -0.25) is 0 Å². The first-order chi connectivity index (χ1) is 5.27. The molecule has 0 aromatic heterocycles. The molecule has 62 valence electrons. The van der Waals surface area contributed by atoms with Crippen LogP contribution in [0.1, 0.15) is 19.3 Å². The number of thiol groups is 1. The Balaban J connectivity index is 1.99. The van der Waals surface area contributed by atoms with E-state index < -0.39 is 0 Å². The predicted octanol–water partition coefficient (Wildman–Crippen LogP) is 1.93. The third kappa shape index (κ3) is 1.41. The molecule has 1 saturated heterocycles. The lowest BCUT2D eigenvalue weighted by Crippen LogP contribution is -2.23. The fourth-order valence-corrected chi connectivity index (χ4v) is 2.70. The van der Waals surface area contributed by atoms with E-state index in [1.54, 1.807) is 0 Å². The largest absolute Gasteiger partial charge is 0.357 e. The Bertz CT molecular complexity index is 169. The average molecular weight is 187 g/mol. The van der Waals surface area contributed by atoms with Crippen LogP contribution < -0.4 is 0 Å². The summed E-state index contributed by atoms with van der Waals surface area (Å²) in [4.78, 5) is 2.24. The highest BCUT2D eigenvalue weighted by molar-refractivity contribution is 8.10. The molecule has 0 N–H and O–H groups in total. The lowest BCUT2D eigenvalue weighted by Gasteiger charge is -2.15. The molecule has 0 spiro atoms. The van der Waals surface area contributed by atoms with Crippen LogP contribution in [0.15, 0.2) is 0 Å². The molecule has 0 amide bonds. The van der Waals surface area contributed by atoms with Gasteiger partial charge in [0.2, 0.25) is 0 Å². The third-order valence-corrected chi connectivity index (χ3v) is 3.54. The third-order valence-electron chi connectivity index (χ3n) is 3.00. The number of hydrogen-bond donors (Lipinski definition) is 1. The highest BCUT2D eigenvalue weighted by Gasteiger charge is 2.36. The van der Waals surface area contributed by atoms with Crippen molar-refractivity contribution in [2.24, 2.45) is 11.8 Å². The molecule has 2 rings (SSSR count). The summed E-state index contributed by atoms with van der Waals surface area (Å²) in [6, 6.07) is 0. The smallest absolute Gasteiger partial charge is 0.133 e. The minimum Gasteiger partial charge on any atom is -0.357 e. The summed E-state index contributed by atoms with van der Waals surface area (Å²) in [6.45, 7) is 2.35. The number of likely N-dealkylation sites (tertiary alicyclic amines) is 1. The van der Waals surface area contributed by atoms with Gasteiger partial charge in [-0.15, -0.1) is 12.6 Å². The lowest BCUT2D eigenvalue weighted by atomic mass is 10.0. The molecule has 11 heavy (non-hydrogen) atoms. The zero-order chi connectivity index (χ0) is 7.84. The van der Waals surface area contributed by atoms with Crippen LogP contribution in [0.2, 0.25) is 0 Å². The van der Waals surface area contributed by atoms with Gasteiger partial charge >= 0.3 is 0 Å². The van der Waals surface area contributed by atoms with Crippen molar-refractivity contribution in [2.45, 2.75) is 19.3 Å². The monoisotopic (exact) mass is 187 g/mol. The Morgan fingerprint density at radius 2 is 1.82 bits per heavy atom. The van der Waals surface area contributed by atoms with Crippen LogP contribution in [0.3, 0.4) is 0 Å². The molecule has 1 saturated carbocycles. The minimum atomic E-state index is 0.791. The van der Waals surface area contributed by atoms with Crippen LogP contribution in [0.4, 0.5) is 0 Å². The Morgan fingerprint density at radius 1 is 1.27 bits per heavy atom. The molecule has 1 heterocycles. The first kappa shape index (κ1) is 7.87. The van der Waals surface area contributed by atoms with Crippen molar-refractivity contribution in [3.8, 4) is 0 Å². The highest BCUT2D eigenvalue weighted by Crippen LogP contribution is 2.37. The van der Waals surface area contributed by atoms with Gasteiger partial charge in [0.05, 0.1) is 0 Å². The molecule has 2 aliphatic rings. The van der Waals surface area contributed by atoms with Gasteiger partial charge in [0.25, 0.3) is 0 Å². The van der Waals surface area contributed by atoms with Crippen molar-refractivity contribution >= 4 is 29.2 Å². The zero-order valence-corrected chi connectivity index (χ0v) is 8.20. The standard InChI is InChI=1S/C8H13NS2/c10-8(11)9-4-6-2-1-3-7(6)5-9/h6-7H,1-5H2,(H,10,11). The van der Waals surface area contributed by atoms with Gasteiger partial charge in [-0.05, 0) is 24.7 Å². The van der Waals surface area contributed by atoms with Gasteiger partial charge in [0.1, 0.15) is 4.32 Å². The minimum absolute atomic E-state index is 0.791. The molecule has 2 unspecified atom stereocenters. The van der Waals surface area contributed by atoms with E-state index in [1.165, 1.54) is 32.4 Å². The van der Waals surface area contributed by atoms with Crippen LogP contribution in [0.5, 0.6) is 0 Å². The molecule has 1 aliphatic carbocycles. The van der Waals surface area contributed by atoms with E-state index in [-0.39, 0.29) is 0 Å². The first-order valence-electron chi connectivity index (χ1n) is 4.25. The molecular formula is C8H13NS2. The summed E-state index contributed by atoms with van der Waals surface area (Å²) in [5.41, 5.74) is 0. The fourth-order valence-electron chi connectivity index (χ4n) is 2.39. The number of nitrogens with zero attached hydrogens (tertiary/aromatic N) is 1. The summed E-state index contributed by atoms with van der Waals surface area (Å²) in [5.74, 6) is 1.86. The van der Waals surface area contributed by atoms with Crippen LogP contribution in [0, 0.1) is 11.8 Å². The Morgan fingerprint density at radius 3 is 2.27 bits per heavy atom. The summed E-state index contributed by atoms with van der Waals surface area (Å²) in [7, 11) is 0. The topological polar surface area (TPSA) is 3.24 Å². The molecule has 2 fully saturated rings. The second kappa shape index (κ2) is 2.94. The van der Waals surface area contributed by atoms with Gasteiger partial charge in [-0.2, -0.15) is 0 Å². The first-order valence-corrected chi connectivity index (χ1v) is 5.11. The Labute approximate surface area is 78.6 Å². The van der Waals surface area contributed by atoms with Crippen LogP contribution in [-0.2, 0) is 0 Å². The second-order valence-electron chi connectivity index (χ2n) is 3.64. The Kier molecular flexibility index (Phi) is 2.10. The van der Waals surface area contributed by atoms with Crippen molar-refractivity contribution in [2.75, 3.05) is 13.1 Å². The fraction of sp³-hybridized carbons (Fsp3) is 0.875. The summed E-state index contributed by atoms with van der Waals surface area (Å²) in [5, 5.41) is 0. The quantitative estimate of drug-likeness (QED) is 0.456. The number of rotatable bonds is 0. The van der Waals surface area contributed by atoms with Crippen LogP contribution in [0.25, 0.3) is 0 Å². The van der Waals surface area contributed by atoms with Gasteiger partial charge in [-0.1, -0.05) is 18.6 Å². The number of hydrogen-bond acceptors (Lipinski definition) is 1. The maximum absolute atomic E-state index is 5.02. The SMILES string of the molecule is S=C(S)N1CC2CCCC2C1. The molecule has 0 aromatic rings. The number of thiocarbonyl (C=S) groups is 1. The van der Waals surface area contributed by atoms with Gasteiger partial charge in [0.15, 0.2) is 0 Å². The Hall–Kier alpha value is 0.240. The molecule has 1 nitrogen and oxygen atoms in total. The molecule has 0 aromatic carbocycles. The normalized spacial score (nSPS) is 35.9. The van der Waals surface area contributed by atoms with Crippen LogP contribution >= 0.6 is 24.8 Å². The van der Waals surface area contributed by atoms with E-state index in [2.05, 4.69) is 17.5 Å². The highest BCUT2D eigenvalue weighted by atomic mass is 32.1. The van der Waals surface area contributed by atoms with E-state index in [1.807, 2.05) is 0 Å². The van der Waals surface area contributed by atoms with Crippen molar-refractivity contribution in [1.29, 1.82) is 0 Å². The van der Waals surface area contributed by atoms with E-state index in [0.717, 1.165) is 16.2 Å². The van der Waals surface area contributed by atoms with Crippen molar-refractivity contribution < 1.29 is 0 Å². The maximum Gasteiger partial charge on any atom is 0.133 e. The average Bonchev–Trinajstić information content (AvgIpc) is 2.40. The van der Waals surface area contributed by atoms with Crippen molar-refractivity contribution in [3.63, 3.8) is 0 Å². The summed E-state index contributed by atoms with van der Waals surface area (Å²) in [6.07, 6.45) is 4.26. The van der Waals surface area contributed by atoms with Crippen molar-refractivity contribution in [1.82, 2.24) is 4.90 Å². The van der Waals surface area contributed by atoms with E-state index in [4.69, 9.17) is 12.2 Å². The molecule has 1 aliphatic heterocycles. The molecule has 0 radical (unpaired) electrons. The summed E-state index contributed by atoms with van der Waals surface area (Å²) >= 11 is 9.22. The molecular weight excluding hydrogens is 174 g/mol. The molecule has 2 atom stereocenters. The second-order valence-corrected chi connectivity index (χ2v) is 4.75. The van der Waals surface area contributed by atoms with Gasteiger partial charge in [-0.25, -0.2) is 0 Å².